The van der Waals surface area contributed by atoms with Gasteiger partial charge in [-0.3, -0.25) is 4.68 Å². The zero-order chi connectivity index (χ0) is 10.7. The van der Waals surface area contributed by atoms with Gasteiger partial charge in [0.25, 0.3) is 0 Å². The van der Waals surface area contributed by atoms with Crippen LogP contribution in [0.25, 0.3) is 0 Å². The normalized spacial score (nSPS) is 23.5. The van der Waals surface area contributed by atoms with E-state index in [4.69, 9.17) is 0 Å². The van der Waals surface area contributed by atoms with Gasteiger partial charge in [-0.15, -0.1) is 0 Å². The Morgan fingerprint density at radius 3 is 3.00 bits per heavy atom. The number of hydrogen-bond donors (Lipinski definition) is 0. The molecule has 4 heteroatoms. The lowest BCUT2D eigenvalue weighted by Crippen LogP contribution is -2.41. The van der Waals surface area contributed by atoms with Gasteiger partial charge in [-0.25, -0.2) is 4.98 Å². The predicted octanol–water partition coefficient (Wildman–Crippen LogP) is 1.40. The van der Waals surface area contributed by atoms with Crippen molar-refractivity contribution in [2.45, 2.75) is 39.3 Å². The van der Waals surface area contributed by atoms with Crippen molar-refractivity contribution < 1.29 is 0 Å². The van der Waals surface area contributed by atoms with Crippen LogP contribution in [0.5, 0.6) is 0 Å². The van der Waals surface area contributed by atoms with E-state index in [0.717, 1.165) is 12.5 Å². The lowest BCUT2D eigenvalue weighted by molar-refractivity contribution is 0.128. The Morgan fingerprint density at radius 1 is 1.47 bits per heavy atom. The molecule has 2 heterocycles. The van der Waals surface area contributed by atoms with E-state index in [1.54, 1.807) is 6.33 Å². The summed E-state index contributed by atoms with van der Waals surface area (Å²) in [6.07, 6.45) is 6.07. The first-order chi connectivity index (χ1) is 7.25. The van der Waals surface area contributed by atoms with Crippen LogP contribution in [0.4, 0.5) is 0 Å². The molecule has 1 aromatic heterocycles. The topological polar surface area (TPSA) is 34.0 Å². The number of rotatable bonds is 3. The zero-order valence-corrected chi connectivity index (χ0v) is 9.63. The van der Waals surface area contributed by atoms with Crippen LogP contribution < -0.4 is 0 Å². The van der Waals surface area contributed by atoms with Gasteiger partial charge in [-0.2, -0.15) is 5.10 Å². The van der Waals surface area contributed by atoms with Crippen LogP contribution in [0.1, 0.15) is 26.7 Å². The van der Waals surface area contributed by atoms with Gasteiger partial charge in [0.15, 0.2) is 0 Å². The quantitative estimate of drug-likeness (QED) is 0.753. The molecule has 0 radical (unpaired) electrons. The molecule has 0 saturated carbocycles. The van der Waals surface area contributed by atoms with Crippen LogP contribution in [0.3, 0.4) is 0 Å². The van der Waals surface area contributed by atoms with Crippen molar-refractivity contribution in [3.8, 4) is 0 Å². The van der Waals surface area contributed by atoms with Crippen molar-refractivity contribution in [3.05, 3.63) is 12.7 Å². The highest BCUT2D eigenvalue weighted by Gasteiger charge is 2.21. The van der Waals surface area contributed by atoms with E-state index in [2.05, 4.69) is 28.8 Å². The lowest BCUT2D eigenvalue weighted by atomic mass is 9.97. The summed E-state index contributed by atoms with van der Waals surface area (Å²) >= 11 is 0. The SMILES string of the molecule is CC(C)N1CCC[C@@H](Cn2cncn2)C1. The average Bonchev–Trinajstić information content (AvgIpc) is 2.71. The number of aromatic nitrogens is 3. The van der Waals surface area contributed by atoms with Crippen LogP contribution in [0.15, 0.2) is 12.7 Å². The third-order valence-corrected chi connectivity index (χ3v) is 3.19. The molecule has 1 aliphatic rings. The minimum Gasteiger partial charge on any atom is -0.301 e. The molecule has 1 aliphatic heterocycles. The molecule has 0 amide bonds. The highest BCUT2D eigenvalue weighted by Crippen LogP contribution is 2.19. The fraction of sp³-hybridized carbons (Fsp3) is 0.818. The third kappa shape index (κ3) is 2.78. The van der Waals surface area contributed by atoms with Crippen LogP contribution in [0, 0.1) is 5.92 Å². The molecule has 0 bridgehead atoms. The first-order valence-electron chi connectivity index (χ1n) is 5.82. The van der Waals surface area contributed by atoms with E-state index in [1.807, 2.05) is 11.0 Å². The molecule has 1 atom stereocenters. The van der Waals surface area contributed by atoms with E-state index in [9.17, 15) is 0 Å². The molecule has 2 rings (SSSR count). The standard InChI is InChI=1S/C11H20N4/c1-10(2)14-5-3-4-11(6-14)7-15-9-12-8-13-15/h8-11H,3-7H2,1-2H3/t11-/m1/s1. The Bertz CT molecular complexity index is 281. The van der Waals surface area contributed by atoms with E-state index in [0.29, 0.717) is 6.04 Å². The van der Waals surface area contributed by atoms with E-state index < -0.39 is 0 Å². The Labute approximate surface area is 91.3 Å². The number of nitrogens with zero attached hydrogens (tertiary/aromatic N) is 4. The van der Waals surface area contributed by atoms with Crippen molar-refractivity contribution in [3.63, 3.8) is 0 Å². The monoisotopic (exact) mass is 208 g/mol. The summed E-state index contributed by atoms with van der Waals surface area (Å²) in [7, 11) is 0. The van der Waals surface area contributed by atoms with E-state index >= 15 is 0 Å². The van der Waals surface area contributed by atoms with Crippen LogP contribution >= 0.6 is 0 Å². The van der Waals surface area contributed by atoms with Crippen LogP contribution in [-0.4, -0.2) is 38.8 Å². The Balaban J connectivity index is 1.88. The Hall–Kier alpha value is -0.900. The minimum atomic E-state index is 0.670. The second-order valence-electron chi connectivity index (χ2n) is 4.71. The average molecular weight is 208 g/mol. The first kappa shape index (κ1) is 10.6. The summed E-state index contributed by atoms with van der Waals surface area (Å²) in [5.41, 5.74) is 0. The number of piperidine rings is 1. The minimum absolute atomic E-state index is 0.670. The van der Waals surface area contributed by atoms with Gasteiger partial charge in [-0.05, 0) is 39.2 Å². The van der Waals surface area contributed by atoms with Gasteiger partial charge in [0, 0.05) is 19.1 Å². The van der Waals surface area contributed by atoms with Gasteiger partial charge in [-0.1, -0.05) is 0 Å². The van der Waals surface area contributed by atoms with Gasteiger partial charge in [0.05, 0.1) is 0 Å². The van der Waals surface area contributed by atoms with Crippen molar-refractivity contribution in [2.75, 3.05) is 13.1 Å². The molecule has 0 aromatic carbocycles. The Kier molecular flexibility index (Phi) is 3.36. The molecule has 0 N–H and O–H groups in total. The van der Waals surface area contributed by atoms with Gasteiger partial charge < -0.3 is 4.90 Å². The van der Waals surface area contributed by atoms with Crippen molar-refractivity contribution in [1.29, 1.82) is 0 Å². The smallest absolute Gasteiger partial charge is 0.137 e. The van der Waals surface area contributed by atoms with E-state index in [1.165, 1.54) is 25.9 Å². The van der Waals surface area contributed by atoms with Crippen LogP contribution in [0.2, 0.25) is 0 Å². The molecule has 0 unspecified atom stereocenters. The maximum atomic E-state index is 4.17. The van der Waals surface area contributed by atoms with Gasteiger partial charge in [0.2, 0.25) is 0 Å². The summed E-state index contributed by atoms with van der Waals surface area (Å²) in [5.74, 6) is 0.739. The molecule has 1 saturated heterocycles. The summed E-state index contributed by atoms with van der Waals surface area (Å²) in [5, 5.41) is 4.17. The molecule has 84 valence electrons. The maximum absolute atomic E-state index is 4.17. The first-order valence-corrected chi connectivity index (χ1v) is 5.82. The largest absolute Gasteiger partial charge is 0.301 e. The second-order valence-corrected chi connectivity index (χ2v) is 4.71. The molecule has 4 nitrogen and oxygen atoms in total. The van der Waals surface area contributed by atoms with Gasteiger partial charge >= 0.3 is 0 Å². The summed E-state index contributed by atoms with van der Waals surface area (Å²) in [6.45, 7) is 8.03. The summed E-state index contributed by atoms with van der Waals surface area (Å²) in [4.78, 5) is 6.54. The second kappa shape index (κ2) is 4.75. The number of hydrogen-bond acceptors (Lipinski definition) is 3. The molecular formula is C11H20N4. The molecule has 1 fully saturated rings. The maximum Gasteiger partial charge on any atom is 0.137 e. The zero-order valence-electron chi connectivity index (χ0n) is 9.63. The lowest BCUT2D eigenvalue weighted by Gasteiger charge is -2.35. The summed E-state index contributed by atoms with van der Waals surface area (Å²) in [6, 6.07) is 0.670. The Morgan fingerprint density at radius 2 is 2.33 bits per heavy atom. The third-order valence-electron chi connectivity index (χ3n) is 3.19. The predicted molar refractivity (Wildman–Crippen MR) is 59.5 cm³/mol. The molecule has 15 heavy (non-hydrogen) atoms. The van der Waals surface area contributed by atoms with Crippen molar-refractivity contribution >= 4 is 0 Å². The molecule has 0 aliphatic carbocycles. The van der Waals surface area contributed by atoms with Gasteiger partial charge in [0.1, 0.15) is 12.7 Å². The fourth-order valence-corrected chi connectivity index (χ4v) is 2.31. The van der Waals surface area contributed by atoms with E-state index in [-0.39, 0.29) is 0 Å². The highest BCUT2D eigenvalue weighted by molar-refractivity contribution is 4.75. The summed E-state index contributed by atoms with van der Waals surface area (Å²) < 4.78 is 1.95. The molecule has 0 spiro atoms. The van der Waals surface area contributed by atoms with Crippen molar-refractivity contribution in [2.24, 2.45) is 5.92 Å². The number of likely N-dealkylation sites (tertiary alicyclic amines) is 1. The highest BCUT2D eigenvalue weighted by atomic mass is 15.3. The van der Waals surface area contributed by atoms with Crippen molar-refractivity contribution in [1.82, 2.24) is 19.7 Å². The molecule has 1 aromatic rings. The van der Waals surface area contributed by atoms with Crippen LogP contribution in [-0.2, 0) is 6.54 Å². The molecular weight excluding hydrogens is 188 g/mol. The fourth-order valence-electron chi connectivity index (χ4n) is 2.31.